The van der Waals surface area contributed by atoms with Crippen molar-refractivity contribution in [2.45, 2.75) is 19.0 Å². The lowest BCUT2D eigenvalue weighted by Gasteiger charge is -2.39. The molecule has 0 N–H and O–H groups in total. The van der Waals surface area contributed by atoms with Gasteiger partial charge >= 0.3 is 6.18 Å². The molecular formula is C23H25F3N4O2. The van der Waals surface area contributed by atoms with Crippen molar-refractivity contribution in [3.8, 4) is 0 Å². The molecule has 2 fully saturated rings. The molecule has 0 spiro atoms. The number of benzene rings is 1. The van der Waals surface area contributed by atoms with E-state index >= 15 is 0 Å². The van der Waals surface area contributed by atoms with Gasteiger partial charge in [0.25, 0.3) is 5.91 Å². The summed E-state index contributed by atoms with van der Waals surface area (Å²) >= 11 is 0. The Labute approximate surface area is 184 Å². The second-order valence-corrected chi connectivity index (χ2v) is 8.16. The van der Waals surface area contributed by atoms with Crippen molar-refractivity contribution in [1.29, 1.82) is 0 Å². The van der Waals surface area contributed by atoms with Crippen LogP contribution in [-0.2, 0) is 11.0 Å². The van der Waals surface area contributed by atoms with Crippen LogP contribution in [0, 0.1) is 5.92 Å². The van der Waals surface area contributed by atoms with E-state index in [-0.39, 0.29) is 23.3 Å². The number of piperazine rings is 1. The van der Waals surface area contributed by atoms with Crippen LogP contribution in [0.1, 0.15) is 28.8 Å². The number of hydrogen-bond donors (Lipinski definition) is 0. The smallest absolute Gasteiger partial charge is 0.368 e. The maximum atomic E-state index is 13.0. The first-order valence-corrected chi connectivity index (χ1v) is 10.7. The van der Waals surface area contributed by atoms with Crippen molar-refractivity contribution in [2.75, 3.05) is 44.2 Å². The van der Waals surface area contributed by atoms with Gasteiger partial charge in [0.15, 0.2) is 0 Å². The van der Waals surface area contributed by atoms with Crippen molar-refractivity contribution in [1.82, 2.24) is 14.8 Å². The summed E-state index contributed by atoms with van der Waals surface area (Å²) in [5, 5.41) is 0. The largest absolute Gasteiger partial charge is 0.416 e. The van der Waals surface area contributed by atoms with E-state index < -0.39 is 11.7 Å². The normalized spacial score (nSPS) is 18.0. The Morgan fingerprint density at radius 2 is 1.41 bits per heavy atom. The first-order valence-electron chi connectivity index (χ1n) is 10.7. The standard InChI is InChI=1S/C23H25F3N4O2/c24-23(25,26)19-3-1-17(2-4-19)21(31)29-11-7-18(8-12-29)22(32)30-15-13-28(14-16-30)20-5-9-27-10-6-20/h1-6,9-10,18H,7-8,11-16H2. The molecule has 0 saturated carbocycles. The lowest BCUT2D eigenvalue weighted by molar-refractivity contribution is -0.138. The number of amides is 2. The van der Waals surface area contributed by atoms with Gasteiger partial charge in [-0.2, -0.15) is 13.2 Å². The molecule has 9 heteroatoms. The molecule has 32 heavy (non-hydrogen) atoms. The van der Waals surface area contributed by atoms with Gasteiger partial charge in [0.1, 0.15) is 0 Å². The van der Waals surface area contributed by atoms with E-state index in [1.165, 1.54) is 12.1 Å². The molecule has 0 bridgehead atoms. The minimum atomic E-state index is -4.43. The summed E-state index contributed by atoms with van der Waals surface area (Å²) in [4.78, 5) is 35.4. The van der Waals surface area contributed by atoms with Crippen LogP contribution in [0.15, 0.2) is 48.8 Å². The maximum absolute atomic E-state index is 13.0. The Bertz CT molecular complexity index is 934. The van der Waals surface area contributed by atoms with Crippen molar-refractivity contribution in [3.05, 3.63) is 59.9 Å². The quantitative estimate of drug-likeness (QED) is 0.726. The van der Waals surface area contributed by atoms with Crippen LogP contribution >= 0.6 is 0 Å². The molecular weight excluding hydrogens is 421 g/mol. The van der Waals surface area contributed by atoms with E-state index in [9.17, 15) is 22.8 Å². The molecule has 6 nitrogen and oxygen atoms in total. The predicted octanol–water partition coefficient (Wildman–Crippen LogP) is 3.30. The molecule has 1 aromatic carbocycles. The Morgan fingerprint density at radius 3 is 1.97 bits per heavy atom. The summed E-state index contributed by atoms with van der Waals surface area (Å²) in [6.45, 7) is 3.69. The van der Waals surface area contributed by atoms with Gasteiger partial charge in [0.2, 0.25) is 5.91 Å². The van der Waals surface area contributed by atoms with Gasteiger partial charge in [0, 0.05) is 68.8 Å². The highest BCUT2D eigenvalue weighted by Gasteiger charge is 2.33. The van der Waals surface area contributed by atoms with Gasteiger partial charge in [-0.1, -0.05) is 0 Å². The number of nitrogens with zero attached hydrogens (tertiary/aromatic N) is 4. The van der Waals surface area contributed by atoms with E-state index in [0.717, 1.165) is 30.9 Å². The SMILES string of the molecule is O=C(c1ccc(C(F)(F)F)cc1)N1CCC(C(=O)N2CCN(c3ccncc3)CC2)CC1. The molecule has 0 atom stereocenters. The number of aromatic nitrogens is 1. The van der Waals surface area contributed by atoms with Crippen LogP contribution in [0.25, 0.3) is 0 Å². The highest BCUT2D eigenvalue weighted by molar-refractivity contribution is 5.94. The molecule has 2 aliphatic rings. The number of carbonyl (C=O) groups is 2. The zero-order valence-corrected chi connectivity index (χ0v) is 17.6. The average Bonchev–Trinajstić information content (AvgIpc) is 2.83. The number of likely N-dealkylation sites (tertiary alicyclic amines) is 1. The van der Waals surface area contributed by atoms with Crippen LogP contribution in [0.2, 0.25) is 0 Å². The molecule has 3 heterocycles. The molecule has 4 rings (SSSR count). The fraction of sp³-hybridized carbons (Fsp3) is 0.435. The van der Waals surface area contributed by atoms with Crippen LogP contribution in [-0.4, -0.2) is 65.9 Å². The van der Waals surface area contributed by atoms with Crippen molar-refractivity contribution in [2.24, 2.45) is 5.92 Å². The van der Waals surface area contributed by atoms with E-state index in [1.807, 2.05) is 17.0 Å². The predicted molar refractivity (Wildman–Crippen MR) is 113 cm³/mol. The number of piperidine rings is 1. The molecule has 170 valence electrons. The fourth-order valence-corrected chi connectivity index (χ4v) is 4.31. The van der Waals surface area contributed by atoms with E-state index in [4.69, 9.17) is 0 Å². The number of halogens is 3. The van der Waals surface area contributed by atoms with E-state index in [0.29, 0.717) is 39.0 Å². The van der Waals surface area contributed by atoms with Crippen LogP contribution < -0.4 is 4.90 Å². The lowest BCUT2D eigenvalue weighted by Crippen LogP contribution is -2.52. The molecule has 0 aliphatic carbocycles. The highest BCUT2D eigenvalue weighted by atomic mass is 19.4. The minimum Gasteiger partial charge on any atom is -0.368 e. The van der Waals surface area contributed by atoms with Crippen LogP contribution in [0.5, 0.6) is 0 Å². The third-order valence-corrected chi connectivity index (χ3v) is 6.21. The summed E-state index contributed by atoms with van der Waals surface area (Å²) in [7, 11) is 0. The Morgan fingerprint density at radius 1 is 0.812 bits per heavy atom. The summed E-state index contributed by atoms with van der Waals surface area (Å²) in [6, 6.07) is 8.20. The molecule has 2 aliphatic heterocycles. The van der Waals surface area contributed by atoms with Gasteiger partial charge in [0.05, 0.1) is 5.56 Å². The minimum absolute atomic E-state index is 0.126. The Hall–Kier alpha value is -3.10. The Kier molecular flexibility index (Phi) is 6.34. The van der Waals surface area contributed by atoms with Crippen molar-refractivity contribution in [3.63, 3.8) is 0 Å². The first kappa shape index (κ1) is 22.1. The molecule has 2 aromatic rings. The molecule has 2 saturated heterocycles. The van der Waals surface area contributed by atoms with Crippen molar-refractivity contribution >= 4 is 17.5 Å². The van der Waals surface area contributed by atoms with E-state index in [2.05, 4.69) is 9.88 Å². The highest BCUT2D eigenvalue weighted by Crippen LogP contribution is 2.29. The molecule has 0 radical (unpaired) electrons. The zero-order chi connectivity index (χ0) is 22.7. The molecule has 1 aromatic heterocycles. The number of alkyl halides is 3. The Balaban J connectivity index is 1.27. The monoisotopic (exact) mass is 446 g/mol. The van der Waals surface area contributed by atoms with E-state index in [1.54, 1.807) is 17.3 Å². The van der Waals surface area contributed by atoms with Gasteiger partial charge in [-0.3, -0.25) is 14.6 Å². The number of pyridine rings is 1. The number of rotatable bonds is 3. The topological polar surface area (TPSA) is 56.8 Å². The summed E-state index contributed by atoms with van der Waals surface area (Å²) in [5.74, 6) is -0.296. The molecule has 2 amide bonds. The second-order valence-electron chi connectivity index (χ2n) is 8.16. The second kappa shape index (κ2) is 9.18. The van der Waals surface area contributed by atoms with Gasteiger partial charge < -0.3 is 14.7 Å². The van der Waals surface area contributed by atoms with Crippen molar-refractivity contribution < 1.29 is 22.8 Å². The van der Waals surface area contributed by atoms with Crippen LogP contribution in [0.3, 0.4) is 0 Å². The summed E-state index contributed by atoms with van der Waals surface area (Å²) in [6.07, 6.45) is 0.217. The van der Waals surface area contributed by atoms with Gasteiger partial charge in [-0.15, -0.1) is 0 Å². The number of anilines is 1. The maximum Gasteiger partial charge on any atom is 0.416 e. The third-order valence-electron chi connectivity index (χ3n) is 6.21. The third kappa shape index (κ3) is 4.87. The van der Waals surface area contributed by atoms with Gasteiger partial charge in [-0.05, 0) is 49.2 Å². The molecule has 0 unspecified atom stereocenters. The van der Waals surface area contributed by atoms with Gasteiger partial charge in [-0.25, -0.2) is 0 Å². The number of hydrogen-bond acceptors (Lipinski definition) is 4. The zero-order valence-electron chi connectivity index (χ0n) is 17.6. The lowest BCUT2D eigenvalue weighted by atomic mass is 9.94. The fourth-order valence-electron chi connectivity index (χ4n) is 4.31. The summed E-state index contributed by atoms with van der Waals surface area (Å²) in [5.41, 5.74) is 0.555. The van der Waals surface area contributed by atoms with Crippen LogP contribution in [0.4, 0.5) is 18.9 Å². The number of carbonyl (C=O) groups excluding carboxylic acids is 2. The average molecular weight is 446 g/mol. The first-order chi connectivity index (χ1) is 15.3. The summed E-state index contributed by atoms with van der Waals surface area (Å²) < 4.78 is 38.2.